The van der Waals surface area contributed by atoms with Gasteiger partial charge >= 0.3 is 11.9 Å². The van der Waals surface area contributed by atoms with Crippen LogP contribution in [0.15, 0.2) is 48.6 Å². The first-order valence-corrected chi connectivity index (χ1v) is 23.9. The third-order valence-corrected chi connectivity index (χ3v) is 10.4. The number of carbonyl (C=O) groups excluding carboxylic acids is 2. The minimum absolute atomic E-state index is 0.00145. The van der Waals surface area contributed by atoms with Crippen LogP contribution < -0.4 is 4.89 Å². The lowest BCUT2D eigenvalue weighted by Gasteiger charge is -2.28. The summed E-state index contributed by atoms with van der Waals surface area (Å²) < 4.78 is 33.7. The molecule has 332 valence electrons. The van der Waals surface area contributed by atoms with Crippen LogP contribution in [0, 0.1) is 0 Å². The van der Waals surface area contributed by atoms with Gasteiger partial charge in [0.25, 0.3) is 7.82 Å². The normalized spacial score (nSPS) is 14.6. The number of ether oxygens (including phenoxy) is 2. The van der Waals surface area contributed by atoms with E-state index in [2.05, 4.69) is 38.2 Å². The lowest BCUT2D eigenvalue weighted by molar-refractivity contribution is -0.870. The summed E-state index contributed by atoms with van der Waals surface area (Å²) in [5.74, 6) is -1.04. The summed E-state index contributed by atoms with van der Waals surface area (Å²) in [4.78, 5) is 37.5. The number of hydrogen-bond acceptors (Lipinski definition) is 9. The number of carbonyl (C=O) groups is 2. The lowest BCUT2D eigenvalue weighted by Crippen LogP contribution is -2.37. The molecule has 0 aromatic carbocycles. The van der Waals surface area contributed by atoms with E-state index in [0.717, 1.165) is 44.9 Å². The smallest absolute Gasteiger partial charge is 0.306 e. The van der Waals surface area contributed by atoms with Crippen LogP contribution in [0.4, 0.5) is 0 Å². The Morgan fingerprint density at radius 1 is 0.649 bits per heavy atom. The van der Waals surface area contributed by atoms with Crippen LogP contribution in [0.25, 0.3) is 0 Å². The third kappa shape index (κ3) is 41.9. The van der Waals surface area contributed by atoms with Crippen molar-refractivity contribution >= 4 is 19.8 Å². The van der Waals surface area contributed by atoms with Crippen LogP contribution in [-0.2, 0) is 32.7 Å². The third-order valence-electron chi connectivity index (χ3n) is 9.43. The predicted molar refractivity (Wildman–Crippen MR) is 233 cm³/mol. The van der Waals surface area contributed by atoms with Gasteiger partial charge in [-0.2, -0.15) is 0 Å². The van der Waals surface area contributed by atoms with Gasteiger partial charge in [-0.3, -0.25) is 14.2 Å². The minimum Gasteiger partial charge on any atom is -0.756 e. The highest BCUT2D eigenvalue weighted by Crippen LogP contribution is 2.38. The zero-order valence-electron chi connectivity index (χ0n) is 36.9. The van der Waals surface area contributed by atoms with Crippen molar-refractivity contribution in [2.24, 2.45) is 0 Å². The maximum absolute atomic E-state index is 12.7. The Morgan fingerprint density at radius 2 is 1.18 bits per heavy atom. The molecule has 1 N–H and O–H groups in total. The van der Waals surface area contributed by atoms with E-state index < -0.39 is 38.6 Å². The topological polar surface area (TPSA) is 131 Å². The lowest BCUT2D eigenvalue weighted by atomic mass is 10.1. The van der Waals surface area contributed by atoms with Crippen molar-refractivity contribution in [3.63, 3.8) is 0 Å². The van der Waals surface area contributed by atoms with Gasteiger partial charge in [0, 0.05) is 12.8 Å². The van der Waals surface area contributed by atoms with Crippen molar-refractivity contribution in [2.75, 3.05) is 47.5 Å². The standard InChI is InChI=1S/C46H84NO9P/c1-6-8-10-12-14-16-18-20-21-23-25-27-29-31-33-37-45(49)53-41-44(42-55-57(51,52)54-40-39-47(3,4)5)56-46(50)38-34-36-43(48)35-32-30-28-26-24-22-19-17-15-13-11-9-7-2/h20-22,24,28,30,32,35,43-44,48H,6-19,23,25-27,29,31,33-34,36-42H2,1-5H3/b21-20-,24-22+,30-28+,35-32+/t43?,44-/m1/s1. The number of quaternary nitrogens is 1. The van der Waals surface area contributed by atoms with Crippen LogP contribution in [0.2, 0.25) is 0 Å². The average Bonchev–Trinajstić information content (AvgIpc) is 3.15. The number of unbranched alkanes of at least 4 members (excludes halogenated alkanes) is 17. The van der Waals surface area contributed by atoms with E-state index in [1.165, 1.54) is 83.5 Å². The van der Waals surface area contributed by atoms with Gasteiger partial charge in [0.1, 0.15) is 19.8 Å². The SMILES string of the molecule is CCCCCCCC/C=C\CCCCCCCC(=O)OC[C@H](COP(=O)([O-])OCC[N+](C)(C)C)OC(=O)CCCC(O)/C=C/C=C/C/C=C/CCCCCCCC. The van der Waals surface area contributed by atoms with E-state index >= 15 is 0 Å². The first-order chi connectivity index (χ1) is 27.4. The summed E-state index contributed by atoms with van der Waals surface area (Å²) in [5.41, 5.74) is 0. The first kappa shape index (κ1) is 54.9. The van der Waals surface area contributed by atoms with Gasteiger partial charge in [0.2, 0.25) is 0 Å². The highest BCUT2D eigenvalue weighted by Gasteiger charge is 2.22. The van der Waals surface area contributed by atoms with Crippen molar-refractivity contribution in [1.82, 2.24) is 0 Å². The molecule has 11 heteroatoms. The molecule has 0 radical (unpaired) electrons. The fraction of sp³-hybridized carbons (Fsp3) is 0.783. The number of esters is 2. The van der Waals surface area contributed by atoms with Gasteiger partial charge in [-0.05, 0) is 64.2 Å². The maximum Gasteiger partial charge on any atom is 0.306 e. The number of phosphoric acid groups is 1. The molecule has 2 unspecified atom stereocenters. The van der Waals surface area contributed by atoms with E-state index in [1.807, 2.05) is 33.3 Å². The van der Waals surface area contributed by atoms with E-state index in [4.69, 9.17) is 18.5 Å². The van der Waals surface area contributed by atoms with Crippen LogP contribution in [0.3, 0.4) is 0 Å². The number of phosphoric ester groups is 1. The second-order valence-corrected chi connectivity index (χ2v) is 17.7. The summed E-state index contributed by atoms with van der Waals surface area (Å²) in [6, 6.07) is 0. The molecule has 0 saturated carbocycles. The number of aliphatic hydroxyl groups is 1. The zero-order valence-corrected chi connectivity index (χ0v) is 37.8. The van der Waals surface area contributed by atoms with E-state index in [1.54, 1.807) is 12.2 Å². The molecule has 0 heterocycles. The molecule has 0 amide bonds. The van der Waals surface area contributed by atoms with Crippen molar-refractivity contribution in [3.8, 4) is 0 Å². The van der Waals surface area contributed by atoms with Crippen LogP contribution in [0.1, 0.15) is 174 Å². The number of aliphatic hydroxyl groups excluding tert-OH is 1. The summed E-state index contributed by atoms with van der Waals surface area (Å²) >= 11 is 0. The second-order valence-electron chi connectivity index (χ2n) is 16.3. The van der Waals surface area contributed by atoms with Crippen molar-refractivity contribution in [3.05, 3.63) is 48.6 Å². The Labute approximate surface area is 348 Å². The zero-order chi connectivity index (χ0) is 42.3. The predicted octanol–water partition coefficient (Wildman–Crippen LogP) is 11.0. The summed E-state index contributed by atoms with van der Waals surface area (Å²) in [6.07, 6.45) is 40.3. The minimum atomic E-state index is -4.68. The number of likely N-dealkylation sites (N-methyl/N-ethyl adjacent to an activating group) is 1. The first-order valence-electron chi connectivity index (χ1n) is 22.5. The van der Waals surface area contributed by atoms with E-state index in [-0.39, 0.29) is 26.1 Å². The Hall–Kier alpha value is -2.07. The highest BCUT2D eigenvalue weighted by atomic mass is 31.2. The summed E-state index contributed by atoms with van der Waals surface area (Å²) in [6.45, 7) is 3.98. The molecular formula is C46H84NO9P. The molecule has 0 aromatic rings. The quantitative estimate of drug-likeness (QED) is 0.0160. The number of allylic oxidation sites excluding steroid dienone is 7. The summed E-state index contributed by atoms with van der Waals surface area (Å²) in [7, 11) is 1.04. The molecule has 57 heavy (non-hydrogen) atoms. The Bertz CT molecular complexity index is 1130. The fourth-order valence-electron chi connectivity index (χ4n) is 5.83. The Kier molecular flexibility index (Phi) is 36.8. The maximum atomic E-state index is 12.7. The molecule has 3 atom stereocenters. The van der Waals surface area contributed by atoms with Gasteiger partial charge in [-0.1, -0.05) is 146 Å². The fourth-order valence-corrected chi connectivity index (χ4v) is 6.56. The Balaban J connectivity index is 4.56. The monoisotopic (exact) mass is 826 g/mol. The Morgan fingerprint density at radius 3 is 1.75 bits per heavy atom. The van der Waals surface area contributed by atoms with Gasteiger partial charge in [0.05, 0.1) is 33.9 Å². The molecule has 0 aliphatic heterocycles. The molecule has 0 aromatic heterocycles. The van der Waals surface area contributed by atoms with Crippen LogP contribution in [0.5, 0.6) is 0 Å². The van der Waals surface area contributed by atoms with Gasteiger partial charge in [0.15, 0.2) is 6.10 Å². The second kappa shape index (κ2) is 38.2. The van der Waals surface area contributed by atoms with E-state index in [9.17, 15) is 24.2 Å². The van der Waals surface area contributed by atoms with Crippen molar-refractivity contribution < 1.29 is 47.2 Å². The molecule has 0 aliphatic rings. The van der Waals surface area contributed by atoms with Gasteiger partial charge in [-0.25, -0.2) is 0 Å². The molecule has 0 bridgehead atoms. The van der Waals surface area contributed by atoms with Crippen LogP contribution in [-0.4, -0.2) is 81.2 Å². The number of nitrogens with zero attached hydrogens (tertiary/aromatic N) is 1. The van der Waals surface area contributed by atoms with Crippen LogP contribution >= 0.6 is 7.82 Å². The molecule has 0 fully saturated rings. The molecule has 0 saturated heterocycles. The number of rotatable bonds is 40. The van der Waals surface area contributed by atoms with E-state index in [0.29, 0.717) is 30.3 Å². The van der Waals surface area contributed by atoms with Crippen molar-refractivity contribution in [1.29, 1.82) is 0 Å². The molecule has 10 nitrogen and oxygen atoms in total. The molecule has 0 rings (SSSR count). The highest BCUT2D eigenvalue weighted by molar-refractivity contribution is 7.45. The number of hydrogen-bond donors (Lipinski definition) is 1. The average molecular weight is 826 g/mol. The molecule has 0 aliphatic carbocycles. The summed E-state index contributed by atoms with van der Waals surface area (Å²) in [5, 5.41) is 10.3. The van der Waals surface area contributed by atoms with Gasteiger partial charge in [-0.15, -0.1) is 0 Å². The molecular weight excluding hydrogens is 741 g/mol. The van der Waals surface area contributed by atoms with Gasteiger partial charge < -0.3 is 33.0 Å². The van der Waals surface area contributed by atoms with Crippen molar-refractivity contribution in [2.45, 2.75) is 187 Å². The largest absolute Gasteiger partial charge is 0.756 e. The molecule has 0 spiro atoms.